The van der Waals surface area contributed by atoms with Gasteiger partial charge in [0.05, 0.1) is 16.4 Å². The Bertz CT molecular complexity index is 397. The van der Waals surface area contributed by atoms with Crippen LogP contribution in [0, 0.1) is 0 Å². The summed E-state index contributed by atoms with van der Waals surface area (Å²) in [6.07, 6.45) is 4.45. The fourth-order valence-electron chi connectivity index (χ4n) is 1.83. The Morgan fingerprint density at radius 1 is 1.53 bits per heavy atom. The quantitative estimate of drug-likeness (QED) is 0.822. The zero-order chi connectivity index (χ0) is 12.3. The largest absolute Gasteiger partial charge is 0.496 e. The maximum Gasteiger partial charge on any atom is 0.114 e. The molecule has 2 nitrogen and oxygen atoms in total. The third kappa shape index (κ3) is 3.34. The second-order valence-electron chi connectivity index (χ2n) is 3.86. The molecule has 1 unspecified atom stereocenters. The molecule has 17 heavy (non-hydrogen) atoms. The van der Waals surface area contributed by atoms with E-state index < -0.39 is 0 Å². The third-order valence-electron chi connectivity index (χ3n) is 2.60. The van der Waals surface area contributed by atoms with E-state index in [1.807, 2.05) is 0 Å². The number of thiophene rings is 1. The van der Waals surface area contributed by atoms with Crippen LogP contribution in [0.4, 0.5) is 0 Å². The summed E-state index contributed by atoms with van der Waals surface area (Å²) >= 11 is 8.82. The van der Waals surface area contributed by atoms with Crippen molar-refractivity contribution in [3.8, 4) is 0 Å². The van der Waals surface area contributed by atoms with E-state index >= 15 is 0 Å². The molecule has 1 aliphatic heterocycles. The van der Waals surface area contributed by atoms with Gasteiger partial charge >= 0.3 is 0 Å². The first-order valence-electron chi connectivity index (χ1n) is 5.73. The molecule has 1 aliphatic rings. The summed E-state index contributed by atoms with van der Waals surface area (Å²) < 4.78 is 8.01. The van der Waals surface area contributed by atoms with Gasteiger partial charge in [-0.1, -0.05) is 6.92 Å². The van der Waals surface area contributed by atoms with Crippen molar-refractivity contribution in [3.63, 3.8) is 0 Å². The molecule has 0 fully saturated rings. The van der Waals surface area contributed by atoms with Crippen molar-refractivity contribution < 1.29 is 4.74 Å². The molecule has 1 atom stereocenters. The van der Waals surface area contributed by atoms with Crippen molar-refractivity contribution in [1.82, 2.24) is 5.32 Å². The number of nitrogens with one attached hydrogen (secondary N) is 1. The fraction of sp³-hybridized carbons (Fsp3) is 0.500. The monoisotopic (exact) mass is 379 g/mol. The number of likely N-dealkylation sites (N-methyl/N-ethyl adjacent to an activating group) is 1. The van der Waals surface area contributed by atoms with E-state index in [2.05, 4.69) is 56.2 Å². The van der Waals surface area contributed by atoms with E-state index in [9.17, 15) is 0 Å². The first-order chi connectivity index (χ1) is 8.22. The van der Waals surface area contributed by atoms with Gasteiger partial charge in [-0.25, -0.2) is 0 Å². The zero-order valence-corrected chi connectivity index (χ0v) is 13.6. The molecule has 0 aromatic carbocycles. The highest BCUT2D eigenvalue weighted by atomic mass is 79.9. The summed E-state index contributed by atoms with van der Waals surface area (Å²) in [5.74, 6) is 1.07. The molecule has 1 aromatic rings. The first kappa shape index (κ1) is 13.6. The molecule has 1 N–H and O–H groups in total. The lowest BCUT2D eigenvalue weighted by Gasteiger charge is -2.23. The van der Waals surface area contributed by atoms with Gasteiger partial charge in [-0.15, -0.1) is 11.3 Å². The maximum atomic E-state index is 5.77. The molecule has 0 amide bonds. The smallest absolute Gasteiger partial charge is 0.114 e. The van der Waals surface area contributed by atoms with Crippen LogP contribution in [-0.4, -0.2) is 13.2 Å². The normalized spacial score (nSPS) is 17.5. The molecule has 5 heteroatoms. The average Bonchev–Trinajstić information content (AvgIpc) is 2.67. The summed E-state index contributed by atoms with van der Waals surface area (Å²) in [7, 11) is 0. The lowest BCUT2D eigenvalue weighted by atomic mass is 10.1. The first-order valence-corrected chi connectivity index (χ1v) is 8.13. The van der Waals surface area contributed by atoms with Gasteiger partial charge < -0.3 is 10.1 Å². The summed E-state index contributed by atoms with van der Waals surface area (Å²) in [5, 5.41) is 3.48. The zero-order valence-electron chi connectivity index (χ0n) is 9.63. The van der Waals surface area contributed by atoms with Crippen LogP contribution in [0.5, 0.6) is 0 Å². The highest BCUT2D eigenvalue weighted by Gasteiger charge is 2.21. The van der Waals surface area contributed by atoms with E-state index in [4.69, 9.17) is 4.74 Å². The van der Waals surface area contributed by atoms with Crippen LogP contribution < -0.4 is 5.32 Å². The van der Waals surface area contributed by atoms with E-state index in [0.29, 0.717) is 0 Å². The van der Waals surface area contributed by atoms with Crippen molar-refractivity contribution in [2.45, 2.75) is 25.8 Å². The van der Waals surface area contributed by atoms with Crippen molar-refractivity contribution in [3.05, 3.63) is 31.0 Å². The van der Waals surface area contributed by atoms with Gasteiger partial charge in [0.15, 0.2) is 0 Å². The Labute approximate surface area is 123 Å². The second kappa shape index (κ2) is 6.36. The Morgan fingerprint density at radius 3 is 2.88 bits per heavy atom. The van der Waals surface area contributed by atoms with Crippen LogP contribution in [0.3, 0.4) is 0 Å². The van der Waals surface area contributed by atoms with Crippen molar-refractivity contribution in [1.29, 1.82) is 0 Å². The number of rotatable bonds is 4. The van der Waals surface area contributed by atoms with Gasteiger partial charge in [-0.3, -0.25) is 0 Å². The SMILES string of the molecule is CCNC(C1=CCCCO1)c1cc(Br)c(Br)s1. The second-order valence-corrected chi connectivity index (χ2v) is 7.11. The fourth-order valence-corrected chi connectivity index (χ4v) is 4.00. The Balaban J connectivity index is 2.24. The van der Waals surface area contributed by atoms with Crippen LogP contribution in [0.1, 0.15) is 30.7 Å². The molecular weight excluding hydrogens is 366 g/mol. The predicted octanol–water partition coefficient (Wildman–Crippen LogP) is 4.62. The predicted molar refractivity (Wildman–Crippen MR) is 79.4 cm³/mol. The molecule has 1 aromatic heterocycles. The van der Waals surface area contributed by atoms with Crippen LogP contribution in [-0.2, 0) is 4.74 Å². The Kier molecular flexibility index (Phi) is 5.09. The standard InChI is InChI=1S/C12H15Br2NOS/c1-2-15-11(9-5-3-4-6-16-9)10-7-8(13)12(14)17-10/h5,7,11,15H,2-4,6H2,1H3. The summed E-state index contributed by atoms with van der Waals surface area (Å²) in [6, 6.07) is 2.34. The van der Waals surface area contributed by atoms with Gasteiger partial charge in [0, 0.05) is 9.35 Å². The number of ether oxygens (including phenoxy) is 1. The van der Waals surface area contributed by atoms with Crippen molar-refractivity contribution >= 4 is 43.2 Å². The third-order valence-corrected chi connectivity index (χ3v) is 5.93. The maximum absolute atomic E-state index is 5.77. The van der Waals surface area contributed by atoms with E-state index in [0.717, 1.165) is 40.0 Å². The van der Waals surface area contributed by atoms with E-state index in [-0.39, 0.29) is 6.04 Å². The van der Waals surface area contributed by atoms with Gasteiger partial charge in [0.25, 0.3) is 0 Å². The number of hydrogen-bond donors (Lipinski definition) is 1. The van der Waals surface area contributed by atoms with E-state index in [1.165, 1.54) is 4.88 Å². The molecule has 2 rings (SSSR count). The van der Waals surface area contributed by atoms with Crippen molar-refractivity contribution in [2.24, 2.45) is 0 Å². The minimum absolute atomic E-state index is 0.188. The molecule has 0 saturated heterocycles. The molecule has 0 spiro atoms. The molecular formula is C12H15Br2NOS. The highest BCUT2D eigenvalue weighted by Crippen LogP contribution is 2.38. The molecule has 0 saturated carbocycles. The molecule has 0 aliphatic carbocycles. The van der Waals surface area contributed by atoms with Crippen LogP contribution in [0.15, 0.2) is 26.2 Å². The Hall–Kier alpha value is 0.160. The molecule has 94 valence electrons. The Morgan fingerprint density at radius 2 is 2.35 bits per heavy atom. The average molecular weight is 381 g/mol. The topological polar surface area (TPSA) is 21.3 Å². The number of hydrogen-bond acceptors (Lipinski definition) is 3. The lowest BCUT2D eigenvalue weighted by Crippen LogP contribution is -2.24. The number of allylic oxidation sites excluding steroid dienone is 1. The molecule has 0 bridgehead atoms. The minimum Gasteiger partial charge on any atom is -0.496 e. The minimum atomic E-state index is 0.188. The summed E-state index contributed by atoms with van der Waals surface area (Å²) in [4.78, 5) is 1.28. The molecule has 0 radical (unpaired) electrons. The van der Waals surface area contributed by atoms with Crippen LogP contribution >= 0.6 is 43.2 Å². The van der Waals surface area contributed by atoms with Crippen molar-refractivity contribution in [2.75, 3.05) is 13.2 Å². The summed E-state index contributed by atoms with van der Waals surface area (Å²) in [5.41, 5.74) is 0. The van der Waals surface area contributed by atoms with Gasteiger partial charge in [0.2, 0.25) is 0 Å². The molecule has 2 heterocycles. The van der Waals surface area contributed by atoms with E-state index in [1.54, 1.807) is 11.3 Å². The van der Waals surface area contributed by atoms with Gasteiger partial charge in [0.1, 0.15) is 5.76 Å². The van der Waals surface area contributed by atoms with Gasteiger partial charge in [-0.05, 0) is 63.4 Å². The van der Waals surface area contributed by atoms with Crippen LogP contribution in [0.25, 0.3) is 0 Å². The lowest BCUT2D eigenvalue weighted by molar-refractivity contribution is 0.169. The van der Waals surface area contributed by atoms with Crippen LogP contribution in [0.2, 0.25) is 0 Å². The van der Waals surface area contributed by atoms with Gasteiger partial charge in [-0.2, -0.15) is 0 Å². The summed E-state index contributed by atoms with van der Waals surface area (Å²) in [6.45, 7) is 3.88. The highest BCUT2D eigenvalue weighted by molar-refractivity contribution is 9.13. The number of halogens is 2.